The Hall–Kier alpha value is 0.843. The van der Waals surface area contributed by atoms with E-state index in [9.17, 15) is 0 Å². The smallest absolute Gasteiger partial charge is 0 e. The van der Waals surface area contributed by atoms with E-state index < -0.39 is 0 Å². The Labute approximate surface area is 77.7 Å². The Bertz CT molecular complexity index is 28.1. The molecule has 0 saturated heterocycles. The maximum atomic E-state index is 3.76. The molecule has 0 aliphatic heterocycles. The molecule has 0 aliphatic carbocycles. The Morgan fingerprint density at radius 3 is 2.00 bits per heavy atom. The first-order chi connectivity index (χ1) is 3.41. The van der Waals surface area contributed by atoms with Crippen molar-refractivity contribution in [3.63, 3.8) is 0 Å². The van der Waals surface area contributed by atoms with Crippen molar-refractivity contribution in [3.05, 3.63) is 6.92 Å². The molecule has 0 spiro atoms. The fraction of sp³-hybridized carbons (Fsp3) is 0.857. The van der Waals surface area contributed by atoms with Gasteiger partial charge in [-0.05, 0) is 0 Å². The third-order valence-electron chi connectivity index (χ3n) is 1.10. The van der Waals surface area contributed by atoms with Gasteiger partial charge in [-0.2, -0.15) is 6.42 Å². The predicted molar refractivity (Wildman–Crippen MR) is 37.7 cm³/mol. The number of rotatable bonds is 4. The first-order valence-electron chi connectivity index (χ1n) is 3.21. The molecule has 0 rings (SSSR count). The molecule has 0 aromatic rings. The van der Waals surface area contributed by atoms with Crippen LogP contribution in [0.4, 0.5) is 0 Å². The van der Waals surface area contributed by atoms with E-state index in [0.29, 0.717) is 0 Å². The summed E-state index contributed by atoms with van der Waals surface area (Å²) in [5.74, 6) is 0. The molecule has 0 atom stereocenters. The molecular weight excluding hydrogens is 191 g/mol. The Kier molecular flexibility index (Phi) is 29.1. The van der Waals surface area contributed by atoms with E-state index in [4.69, 9.17) is 0 Å². The van der Waals surface area contributed by atoms with E-state index in [2.05, 4.69) is 13.8 Å². The summed E-state index contributed by atoms with van der Waals surface area (Å²) >= 11 is 0. The third-order valence-corrected chi connectivity index (χ3v) is 1.10. The first kappa shape index (κ1) is 16.4. The molecule has 0 aromatic carbocycles. The Balaban J connectivity index is -0.000000180. The molecule has 1 nitrogen and oxygen atoms in total. The van der Waals surface area contributed by atoms with Crippen molar-refractivity contribution in [2.45, 2.75) is 39.0 Å². The second-order valence-electron chi connectivity index (χ2n) is 1.91. The fourth-order valence-electron chi connectivity index (χ4n) is 0.604. The minimum atomic E-state index is 0. The average Bonchev–Trinajstić information content (AvgIpc) is 1.69. The molecule has 0 bridgehead atoms. The van der Waals surface area contributed by atoms with Crippen LogP contribution in [0.5, 0.6) is 0 Å². The van der Waals surface area contributed by atoms with Crippen LogP contribution >= 0.6 is 0 Å². The average molecular weight is 208 g/mol. The van der Waals surface area contributed by atoms with Gasteiger partial charge >= 0.3 is 0 Å². The van der Waals surface area contributed by atoms with Gasteiger partial charge in [-0.25, -0.2) is 0 Å². The molecule has 56 valence electrons. The van der Waals surface area contributed by atoms with Crippen molar-refractivity contribution in [1.82, 2.24) is 0 Å². The van der Waals surface area contributed by atoms with Crippen molar-refractivity contribution in [3.8, 4) is 0 Å². The van der Waals surface area contributed by atoms with Gasteiger partial charge in [0.1, 0.15) is 0 Å². The topological polar surface area (TPSA) is 31.5 Å². The molecule has 0 aromatic heterocycles. The third kappa shape index (κ3) is 17.7. The van der Waals surface area contributed by atoms with Gasteiger partial charge in [0.25, 0.3) is 0 Å². The number of hydrogen-bond donors (Lipinski definition) is 0. The van der Waals surface area contributed by atoms with E-state index in [1.807, 2.05) is 0 Å². The standard InChI is InChI=1S/C7H15.H2O.Zr/c1-3-5-7-6-4-2;;/h1,3-7H2,2H3;1H2;/q-1;;. The van der Waals surface area contributed by atoms with Gasteiger partial charge in [-0.1, -0.05) is 32.6 Å². The Morgan fingerprint density at radius 2 is 1.67 bits per heavy atom. The van der Waals surface area contributed by atoms with Crippen LogP contribution in [0, 0.1) is 6.92 Å². The first-order valence-corrected chi connectivity index (χ1v) is 3.21. The summed E-state index contributed by atoms with van der Waals surface area (Å²) in [5.41, 5.74) is 0. The van der Waals surface area contributed by atoms with Crippen molar-refractivity contribution in [2.24, 2.45) is 0 Å². The molecule has 2 N–H and O–H groups in total. The van der Waals surface area contributed by atoms with Crippen LogP contribution in [-0.2, 0) is 26.2 Å². The molecule has 0 saturated carbocycles. The summed E-state index contributed by atoms with van der Waals surface area (Å²) < 4.78 is 0. The van der Waals surface area contributed by atoms with Crippen molar-refractivity contribution in [2.75, 3.05) is 0 Å². The van der Waals surface area contributed by atoms with E-state index >= 15 is 0 Å². The molecule has 0 fully saturated rings. The summed E-state index contributed by atoms with van der Waals surface area (Å²) in [7, 11) is 0. The van der Waals surface area contributed by atoms with Crippen LogP contribution in [0.2, 0.25) is 0 Å². The number of unbranched alkanes of at least 4 members (excludes halogenated alkanes) is 4. The van der Waals surface area contributed by atoms with Gasteiger partial charge in [0.2, 0.25) is 0 Å². The van der Waals surface area contributed by atoms with Crippen LogP contribution < -0.4 is 0 Å². The van der Waals surface area contributed by atoms with E-state index in [0.717, 1.165) is 6.42 Å². The maximum Gasteiger partial charge on any atom is 0 e. The van der Waals surface area contributed by atoms with E-state index in [-0.39, 0.29) is 31.7 Å². The molecule has 0 heterocycles. The van der Waals surface area contributed by atoms with Crippen LogP contribution in [-0.4, -0.2) is 5.48 Å². The van der Waals surface area contributed by atoms with Crippen molar-refractivity contribution in [1.29, 1.82) is 0 Å². The van der Waals surface area contributed by atoms with Crippen LogP contribution in [0.15, 0.2) is 0 Å². The largest absolute Gasteiger partial charge is 0.412 e. The SMILES string of the molecule is O.[CH2-]CCCCCC.[Zr]. The minimum Gasteiger partial charge on any atom is -0.412 e. The van der Waals surface area contributed by atoms with Gasteiger partial charge in [0.15, 0.2) is 0 Å². The van der Waals surface area contributed by atoms with Crippen molar-refractivity contribution >= 4 is 0 Å². The molecule has 0 aliphatic rings. The minimum absolute atomic E-state index is 0. The summed E-state index contributed by atoms with van der Waals surface area (Å²) in [6, 6.07) is 0. The molecule has 0 radical (unpaired) electrons. The zero-order chi connectivity index (χ0) is 5.54. The summed E-state index contributed by atoms with van der Waals surface area (Å²) in [4.78, 5) is 0. The van der Waals surface area contributed by atoms with Gasteiger partial charge in [-0.15, -0.1) is 0 Å². The second kappa shape index (κ2) is 15.9. The summed E-state index contributed by atoms with van der Waals surface area (Å²) in [6.07, 6.45) is 6.52. The van der Waals surface area contributed by atoms with Crippen LogP contribution in [0.25, 0.3) is 0 Å². The summed E-state index contributed by atoms with van der Waals surface area (Å²) in [6.45, 7) is 5.98. The zero-order valence-corrected chi connectivity index (χ0v) is 8.70. The molecule has 2 heteroatoms. The predicted octanol–water partition coefficient (Wildman–Crippen LogP) is 1.96. The van der Waals surface area contributed by atoms with Gasteiger partial charge < -0.3 is 12.4 Å². The fourth-order valence-corrected chi connectivity index (χ4v) is 0.604. The molecular formula is C7H17OZr-. The van der Waals surface area contributed by atoms with Crippen molar-refractivity contribution < 1.29 is 31.7 Å². The second-order valence-corrected chi connectivity index (χ2v) is 1.91. The Morgan fingerprint density at radius 1 is 1.11 bits per heavy atom. The van der Waals surface area contributed by atoms with Gasteiger partial charge in [0.05, 0.1) is 0 Å². The summed E-state index contributed by atoms with van der Waals surface area (Å²) in [5, 5.41) is 0. The monoisotopic (exact) mass is 207 g/mol. The van der Waals surface area contributed by atoms with E-state index in [1.54, 1.807) is 0 Å². The van der Waals surface area contributed by atoms with E-state index in [1.165, 1.54) is 25.7 Å². The maximum absolute atomic E-state index is 3.76. The molecule has 0 unspecified atom stereocenters. The quantitative estimate of drug-likeness (QED) is 0.500. The van der Waals surface area contributed by atoms with Crippen LogP contribution in [0.3, 0.4) is 0 Å². The normalized spacial score (nSPS) is 7.33. The van der Waals surface area contributed by atoms with Gasteiger partial charge in [0, 0.05) is 26.2 Å². The zero-order valence-electron chi connectivity index (χ0n) is 6.24. The van der Waals surface area contributed by atoms with Crippen LogP contribution in [0.1, 0.15) is 39.0 Å². The number of hydrogen-bond acceptors (Lipinski definition) is 0. The molecule has 0 amide bonds. The molecule has 9 heavy (non-hydrogen) atoms. The van der Waals surface area contributed by atoms with Gasteiger partial charge in [-0.3, -0.25) is 0 Å².